The van der Waals surface area contributed by atoms with Crippen molar-refractivity contribution < 1.29 is 14.0 Å². The molecule has 3 aliphatic heterocycles. The second-order valence-electron chi connectivity index (χ2n) is 7.70. The molecule has 136 valence electrons. The van der Waals surface area contributed by atoms with Crippen molar-refractivity contribution in [3.63, 3.8) is 0 Å². The van der Waals surface area contributed by atoms with Crippen LogP contribution in [-0.2, 0) is 4.79 Å². The summed E-state index contributed by atoms with van der Waals surface area (Å²) in [6.07, 6.45) is 7.51. The van der Waals surface area contributed by atoms with E-state index in [-0.39, 0.29) is 17.9 Å². The minimum atomic E-state index is -0.0524. The molecule has 2 bridgehead atoms. The third-order valence-electron chi connectivity index (χ3n) is 6.05. The minimum absolute atomic E-state index is 0.0524. The van der Waals surface area contributed by atoms with Crippen LogP contribution in [-0.4, -0.2) is 36.5 Å². The smallest absolute Gasteiger partial charge is 0.251 e. The zero-order valence-electron chi connectivity index (χ0n) is 14.7. The molecule has 2 N–H and O–H groups in total. The zero-order valence-corrected chi connectivity index (χ0v) is 14.7. The maximum atomic E-state index is 12.7. The third kappa shape index (κ3) is 2.60. The Balaban J connectivity index is 1.41. The molecule has 0 spiro atoms. The fraction of sp³-hybridized carbons (Fsp3) is 0.500. The summed E-state index contributed by atoms with van der Waals surface area (Å²) < 4.78 is 5.62. The van der Waals surface area contributed by atoms with E-state index in [2.05, 4.69) is 10.6 Å². The second-order valence-corrected chi connectivity index (χ2v) is 7.70. The van der Waals surface area contributed by atoms with Gasteiger partial charge in [0.15, 0.2) is 0 Å². The number of furan rings is 1. The van der Waals surface area contributed by atoms with E-state index in [1.165, 1.54) is 6.42 Å². The molecular weight excluding hydrogens is 330 g/mol. The van der Waals surface area contributed by atoms with E-state index in [0.717, 1.165) is 36.8 Å². The van der Waals surface area contributed by atoms with Crippen LogP contribution >= 0.6 is 0 Å². The molecule has 0 saturated carbocycles. The molecule has 5 rings (SSSR count). The SMILES string of the molecule is O=C(N[C@@H]1C[C@H]2CC[C@@H]1N2)c1ccc2occ(N3CCCCC3=O)c2c1. The number of hydrogen-bond acceptors (Lipinski definition) is 4. The molecule has 2 amide bonds. The zero-order chi connectivity index (χ0) is 17.7. The number of piperidine rings is 1. The average molecular weight is 353 g/mol. The predicted octanol–water partition coefficient (Wildman–Crippen LogP) is 2.57. The van der Waals surface area contributed by atoms with Gasteiger partial charge in [-0.1, -0.05) is 0 Å². The summed E-state index contributed by atoms with van der Waals surface area (Å²) in [5.74, 6) is 0.0743. The molecule has 0 unspecified atom stereocenters. The lowest BCUT2D eigenvalue weighted by atomic mass is 9.95. The molecule has 1 aromatic carbocycles. The Morgan fingerprint density at radius 1 is 1.27 bits per heavy atom. The van der Waals surface area contributed by atoms with Crippen LogP contribution in [0.1, 0.15) is 48.9 Å². The Bertz CT molecular complexity index is 874. The van der Waals surface area contributed by atoms with E-state index in [9.17, 15) is 9.59 Å². The second kappa shape index (κ2) is 6.13. The number of rotatable bonds is 3. The van der Waals surface area contributed by atoms with Crippen LogP contribution in [0.4, 0.5) is 5.69 Å². The van der Waals surface area contributed by atoms with Crippen LogP contribution in [0.2, 0.25) is 0 Å². The topological polar surface area (TPSA) is 74.6 Å². The van der Waals surface area contributed by atoms with Crippen LogP contribution in [0.15, 0.2) is 28.9 Å². The average Bonchev–Trinajstić information content (AvgIpc) is 3.37. The molecule has 6 heteroatoms. The van der Waals surface area contributed by atoms with Gasteiger partial charge in [-0.3, -0.25) is 9.59 Å². The molecule has 4 heterocycles. The molecule has 3 aliphatic rings. The van der Waals surface area contributed by atoms with Gasteiger partial charge in [-0.2, -0.15) is 0 Å². The van der Waals surface area contributed by atoms with Gasteiger partial charge in [0.25, 0.3) is 5.91 Å². The van der Waals surface area contributed by atoms with Gasteiger partial charge in [0.2, 0.25) is 5.91 Å². The molecule has 0 aliphatic carbocycles. The monoisotopic (exact) mass is 353 g/mol. The van der Waals surface area contributed by atoms with Crippen molar-refractivity contribution in [2.24, 2.45) is 0 Å². The van der Waals surface area contributed by atoms with Crippen LogP contribution < -0.4 is 15.5 Å². The summed E-state index contributed by atoms with van der Waals surface area (Å²) in [5, 5.41) is 7.55. The maximum absolute atomic E-state index is 12.7. The van der Waals surface area contributed by atoms with Crippen molar-refractivity contribution in [3.8, 4) is 0 Å². The fourth-order valence-corrected chi connectivity index (χ4v) is 4.66. The third-order valence-corrected chi connectivity index (χ3v) is 6.05. The molecule has 1 aromatic heterocycles. The molecule has 6 nitrogen and oxygen atoms in total. The van der Waals surface area contributed by atoms with Crippen molar-refractivity contribution in [2.75, 3.05) is 11.4 Å². The first-order valence-electron chi connectivity index (χ1n) is 9.57. The van der Waals surface area contributed by atoms with E-state index < -0.39 is 0 Å². The fourth-order valence-electron chi connectivity index (χ4n) is 4.66. The van der Waals surface area contributed by atoms with E-state index in [4.69, 9.17) is 4.42 Å². The van der Waals surface area contributed by atoms with Crippen molar-refractivity contribution in [3.05, 3.63) is 30.0 Å². The normalized spacial score (nSPS) is 28.1. The number of nitrogens with one attached hydrogen (secondary N) is 2. The summed E-state index contributed by atoms with van der Waals surface area (Å²) in [5.41, 5.74) is 2.10. The first-order valence-corrected chi connectivity index (χ1v) is 9.57. The van der Waals surface area contributed by atoms with Crippen molar-refractivity contribution in [1.82, 2.24) is 10.6 Å². The molecule has 3 saturated heterocycles. The van der Waals surface area contributed by atoms with Gasteiger partial charge < -0.3 is 20.0 Å². The summed E-state index contributed by atoms with van der Waals surface area (Å²) in [7, 11) is 0. The van der Waals surface area contributed by atoms with E-state index in [1.54, 1.807) is 17.2 Å². The van der Waals surface area contributed by atoms with Crippen LogP contribution in [0, 0.1) is 0 Å². The number of carbonyl (C=O) groups excluding carboxylic acids is 2. The molecule has 3 atom stereocenters. The largest absolute Gasteiger partial charge is 0.462 e. The molecule has 26 heavy (non-hydrogen) atoms. The Morgan fingerprint density at radius 3 is 2.96 bits per heavy atom. The highest BCUT2D eigenvalue weighted by molar-refractivity contribution is 6.05. The Morgan fingerprint density at radius 2 is 2.19 bits per heavy atom. The first-order chi connectivity index (χ1) is 12.7. The number of amides is 2. The highest BCUT2D eigenvalue weighted by Gasteiger charge is 2.39. The summed E-state index contributed by atoms with van der Waals surface area (Å²) in [6, 6.07) is 6.64. The molecular formula is C20H23N3O3. The lowest BCUT2D eigenvalue weighted by Crippen LogP contribution is -2.42. The predicted molar refractivity (Wildman–Crippen MR) is 98.2 cm³/mol. The van der Waals surface area contributed by atoms with Crippen molar-refractivity contribution in [1.29, 1.82) is 0 Å². The van der Waals surface area contributed by atoms with Crippen molar-refractivity contribution in [2.45, 2.75) is 56.7 Å². The van der Waals surface area contributed by atoms with Crippen molar-refractivity contribution >= 4 is 28.5 Å². The van der Waals surface area contributed by atoms with Gasteiger partial charge in [-0.05, 0) is 50.3 Å². The first kappa shape index (κ1) is 15.9. The summed E-state index contributed by atoms with van der Waals surface area (Å²) in [6.45, 7) is 0.709. The van der Waals surface area contributed by atoms with E-state index in [0.29, 0.717) is 36.2 Å². The Kier molecular flexibility index (Phi) is 3.74. The van der Waals surface area contributed by atoms with Gasteiger partial charge >= 0.3 is 0 Å². The Hall–Kier alpha value is -2.34. The van der Waals surface area contributed by atoms with Gasteiger partial charge in [-0.15, -0.1) is 0 Å². The van der Waals surface area contributed by atoms with E-state index in [1.807, 2.05) is 12.1 Å². The lowest BCUT2D eigenvalue weighted by molar-refractivity contribution is -0.119. The van der Waals surface area contributed by atoms with Gasteiger partial charge in [-0.25, -0.2) is 0 Å². The van der Waals surface area contributed by atoms with Crippen LogP contribution in [0.25, 0.3) is 11.0 Å². The minimum Gasteiger partial charge on any atom is -0.462 e. The quantitative estimate of drug-likeness (QED) is 0.889. The maximum Gasteiger partial charge on any atom is 0.251 e. The highest BCUT2D eigenvalue weighted by Crippen LogP contribution is 2.33. The standard InChI is InChI=1S/C20H23N3O3/c24-19-3-1-2-8-23(19)17-11-26-18-7-4-12(9-14(17)18)20(25)22-16-10-13-5-6-15(16)21-13/h4,7,9,11,13,15-16,21H,1-3,5-6,8,10H2,(H,22,25)/t13-,15+,16-/m1/s1. The number of benzene rings is 1. The molecule has 2 aromatic rings. The van der Waals surface area contributed by atoms with Gasteiger partial charge in [0.05, 0.1) is 5.69 Å². The number of anilines is 1. The molecule has 3 fully saturated rings. The van der Waals surface area contributed by atoms with Crippen LogP contribution in [0.3, 0.4) is 0 Å². The number of hydrogen-bond donors (Lipinski definition) is 2. The molecule has 0 radical (unpaired) electrons. The number of nitrogens with zero attached hydrogens (tertiary/aromatic N) is 1. The van der Waals surface area contributed by atoms with Gasteiger partial charge in [0.1, 0.15) is 11.8 Å². The number of carbonyl (C=O) groups is 2. The summed E-state index contributed by atoms with van der Waals surface area (Å²) >= 11 is 0. The van der Waals surface area contributed by atoms with Gasteiger partial charge in [0, 0.05) is 42.0 Å². The Labute approximate surface area is 151 Å². The number of fused-ring (bicyclic) bond motifs is 3. The van der Waals surface area contributed by atoms with Crippen LogP contribution in [0.5, 0.6) is 0 Å². The lowest BCUT2D eigenvalue weighted by Gasteiger charge is -2.25. The summed E-state index contributed by atoms with van der Waals surface area (Å²) in [4.78, 5) is 26.8. The highest BCUT2D eigenvalue weighted by atomic mass is 16.3. The van der Waals surface area contributed by atoms with E-state index >= 15 is 0 Å².